The highest BCUT2D eigenvalue weighted by Gasteiger charge is 2.38. The van der Waals surface area contributed by atoms with E-state index in [0.29, 0.717) is 68.0 Å². The third-order valence-electron chi connectivity index (χ3n) is 10.8. The number of carbonyl (C=O) groups excluding carboxylic acids is 1. The van der Waals surface area contributed by atoms with Gasteiger partial charge in [0.1, 0.15) is 29.6 Å². The van der Waals surface area contributed by atoms with E-state index in [1.807, 2.05) is 108 Å². The van der Waals surface area contributed by atoms with Crippen molar-refractivity contribution in [3.63, 3.8) is 0 Å². The number of anilines is 1. The first-order valence-electron chi connectivity index (χ1n) is 20.4. The van der Waals surface area contributed by atoms with Gasteiger partial charge in [-0.05, 0) is 113 Å². The number of benzene rings is 3. The van der Waals surface area contributed by atoms with Gasteiger partial charge in [0.05, 0.1) is 42.8 Å². The molecule has 0 saturated carbocycles. The highest BCUT2D eigenvalue weighted by atomic mass is 19.1. The van der Waals surface area contributed by atoms with Gasteiger partial charge in [-0.1, -0.05) is 62.4 Å². The largest absolute Gasteiger partial charge is 0.488 e. The molecule has 58 heavy (non-hydrogen) atoms. The first-order valence-corrected chi connectivity index (χ1v) is 20.4. The summed E-state index contributed by atoms with van der Waals surface area (Å²) in [6.45, 7) is 21.6. The monoisotopic (exact) mass is 793 g/mol. The van der Waals surface area contributed by atoms with Gasteiger partial charge in [-0.3, -0.25) is 4.40 Å². The molecule has 6 rings (SSSR count). The summed E-state index contributed by atoms with van der Waals surface area (Å²) in [7, 11) is 1.40. The van der Waals surface area contributed by atoms with Crippen LogP contribution in [0.25, 0.3) is 28.0 Å². The summed E-state index contributed by atoms with van der Waals surface area (Å²) in [5.41, 5.74) is 6.73. The van der Waals surface area contributed by atoms with E-state index in [1.165, 1.54) is 13.2 Å². The number of nitrogens with zero attached hydrogens (tertiary/aromatic N) is 3. The maximum absolute atomic E-state index is 15.9. The van der Waals surface area contributed by atoms with Crippen molar-refractivity contribution in [1.82, 2.24) is 9.38 Å². The number of imidazole rings is 1. The Labute approximate surface area is 343 Å². The Balaban J connectivity index is 1.42. The van der Waals surface area contributed by atoms with E-state index in [4.69, 9.17) is 28.7 Å². The van der Waals surface area contributed by atoms with Crippen molar-refractivity contribution < 1.29 is 32.9 Å². The number of ether oxygens (including phenoxy) is 5. The van der Waals surface area contributed by atoms with Crippen LogP contribution in [0, 0.1) is 32.5 Å². The summed E-state index contributed by atoms with van der Waals surface area (Å²) in [6.07, 6.45) is 2.57. The van der Waals surface area contributed by atoms with E-state index in [2.05, 4.69) is 30.1 Å². The van der Waals surface area contributed by atoms with Crippen LogP contribution in [-0.4, -0.2) is 66.6 Å². The smallest absolute Gasteiger partial charge is 0.339 e. The van der Waals surface area contributed by atoms with Crippen molar-refractivity contribution in [2.75, 3.05) is 44.9 Å². The summed E-state index contributed by atoms with van der Waals surface area (Å²) in [4.78, 5) is 21.2. The van der Waals surface area contributed by atoms with Gasteiger partial charge in [-0.15, -0.1) is 0 Å². The van der Waals surface area contributed by atoms with E-state index in [-0.39, 0.29) is 11.4 Å². The van der Waals surface area contributed by atoms with Crippen LogP contribution in [0.3, 0.4) is 0 Å². The van der Waals surface area contributed by atoms with Crippen LogP contribution in [0.15, 0.2) is 72.9 Å². The average molecular weight is 794 g/mol. The molecule has 0 radical (unpaired) electrons. The van der Waals surface area contributed by atoms with E-state index >= 15 is 4.39 Å². The van der Waals surface area contributed by atoms with E-state index in [0.717, 1.165) is 57.7 Å². The Morgan fingerprint density at radius 3 is 2.31 bits per heavy atom. The molecule has 9 nitrogen and oxygen atoms in total. The lowest BCUT2D eigenvalue weighted by molar-refractivity contribution is -0.164. The van der Waals surface area contributed by atoms with Crippen molar-refractivity contribution in [2.45, 2.75) is 99.1 Å². The zero-order valence-electron chi connectivity index (χ0n) is 35.9. The Morgan fingerprint density at radius 2 is 1.64 bits per heavy atom. The van der Waals surface area contributed by atoms with Crippen LogP contribution >= 0.6 is 0 Å². The van der Waals surface area contributed by atoms with Crippen LogP contribution in [0.1, 0.15) is 88.3 Å². The van der Waals surface area contributed by atoms with Gasteiger partial charge in [0, 0.05) is 37.0 Å². The van der Waals surface area contributed by atoms with Gasteiger partial charge in [0.2, 0.25) is 0 Å². The van der Waals surface area contributed by atoms with Gasteiger partial charge in [0.15, 0.2) is 6.10 Å². The molecule has 1 aliphatic rings. The fourth-order valence-corrected chi connectivity index (χ4v) is 7.61. The predicted molar refractivity (Wildman–Crippen MR) is 228 cm³/mol. The number of methoxy groups -OCH3 is 1. The summed E-state index contributed by atoms with van der Waals surface area (Å²) in [5, 5.41) is 0. The molecule has 1 fully saturated rings. The lowest BCUT2D eigenvalue weighted by atomic mass is 9.92. The number of carbonyl (C=O) groups is 1. The number of aromatic nitrogens is 2. The summed E-state index contributed by atoms with van der Waals surface area (Å²) >= 11 is 0. The molecule has 310 valence electrons. The first-order chi connectivity index (χ1) is 27.6. The molecule has 0 spiro atoms. The Morgan fingerprint density at radius 1 is 0.931 bits per heavy atom. The van der Waals surface area contributed by atoms with Gasteiger partial charge in [-0.25, -0.2) is 14.2 Å². The molecule has 0 bridgehead atoms. The van der Waals surface area contributed by atoms with Crippen LogP contribution < -0.4 is 9.64 Å². The first kappa shape index (κ1) is 42.8. The Kier molecular flexibility index (Phi) is 13.3. The maximum Gasteiger partial charge on any atom is 0.339 e. The average Bonchev–Trinajstić information content (AvgIpc) is 3.63. The molecule has 3 aromatic carbocycles. The van der Waals surface area contributed by atoms with Gasteiger partial charge < -0.3 is 28.6 Å². The summed E-state index contributed by atoms with van der Waals surface area (Å²) in [6, 6.07) is 21.0. The summed E-state index contributed by atoms with van der Waals surface area (Å²) < 4.78 is 48.4. The third-order valence-corrected chi connectivity index (χ3v) is 10.8. The molecule has 1 aliphatic heterocycles. The van der Waals surface area contributed by atoms with Gasteiger partial charge in [-0.2, -0.15) is 0 Å². The number of rotatable bonds is 15. The van der Waals surface area contributed by atoms with E-state index < -0.39 is 17.7 Å². The molecule has 5 aromatic rings. The Hall–Kier alpha value is -4.77. The molecule has 0 unspecified atom stereocenters. The van der Waals surface area contributed by atoms with Crippen molar-refractivity contribution in [3.8, 4) is 28.1 Å². The fourth-order valence-electron chi connectivity index (χ4n) is 7.61. The molecule has 2 aromatic heterocycles. The molecule has 1 saturated heterocycles. The second-order valence-electron chi connectivity index (χ2n) is 17.2. The lowest BCUT2D eigenvalue weighted by Crippen LogP contribution is -2.46. The predicted octanol–water partition coefficient (Wildman–Crippen LogP) is 10.4. The van der Waals surface area contributed by atoms with Crippen molar-refractivity contribution in [1.29, 1.82) is 0 Å². The van der Waals surface area contributed by atoms with Crippen molar-refractivity contribution >= 4 is 17.4 Å². The zero-order chi connectivity index (χ0) is 41.8. The van der Waals surface area contributed by atoms with Gasteiger partial charge >= 0.3 is 5.97 Å². The number of aryl methyl sites for hydroxylation is 2. The number of halogens is 1. The molecular formula is C48H60FN3O6. The van der Waals surface area contributed by atoms with Crippen LogP contribution in [0.4, 0.5) is 10.2 Å². The number of hydrogen-bond donors (Lipinski definition) is 0. The minimum absolute atomic E-state index is 0.312. The molecule has 0 N–H and O–H groups in total. The van der Waals surface area contributed by atoms with E-state index in [1.54, 1.807) is 0 Å². The fraction of sp³-hybridized carbons (Fsp3) is 0.458. The lowest BCUT2D eigenvalue weighted by Gasteiger charge is -2.42. The third kappa shape index (κ3) is 9.91. The quantitative estimate of drug-likeness (QED) is 0.0765. The zero-order valence-corrected chi connectivity index (χ0v) is 35.9. The standard InChI is InChI=1S/C48H60FN3O6/c1-31(2)29-55-23-24-57-48(9)19-21-51(22-20-48)45-41(43(46(53)54-10)58-47(6,7)8)33(4)34(5)44-50-39(28-52(44)45)36-17-14-18-37(27-36)42-38(49)25-32(3)26-40(42)56-30-35-15-12-11-13-16-35/h11-18,25-28,31,43H,19-24,29-30H2,1-10H3/t43-/m0/s1. The normalized spacial score (nSPS) is 14.9. The molecule has 1 atom stereocenters. The van der Waals surface area contributed by atoms with Crippen molar-refractivity contribution in [2.24, 2.45) is 5.92 Å². The minimum atomic E-state index is -0.987. The molecule has 0 aliphatic carbocycles. The second-order valence-corrected chi connectivity index (χ2v) is 17.2. The highest BCUT2D eigenvalue weighted by Crippen LogP contribution is 2.42. The Bertz CT molecular complexity index is 2200. The maximum atomic E-state index is 15.9. The van der Waals surface area contributed by atoms with Gasteiger partial charge in [0.25, 0.3) is 0 Å². The molecule has 0 amide bonds. The van der Waals surface area contributed by atoms with Crippen molar-refractivity contribution in [3.05, 3.63) is 107 Å². The number of hydrogen-bond acceptors (Lipinski definition) is 8. The second kappa shape index (κ2) is 18.0. The molecule has 3 heterocycles. The van der Waals surface area contributed by atoms with Crippen LogP contribution in [-0.2, 0) is 30.3 Å². The molecule has 10 heteroatoms. The minimum Gasteiger partial charge on any atom is -0.488 e. The number of esters is 1. The number of pyridine rings is 1. The number of fused-ring (bicyclic) bond motifs is 1. The topological polar surface area (TPSA) is 83.8 Å². The van der Waals surface area contributed by atoms with E-state index in [9.17, 15) is 4.79 Å². The summed E-state index contributed by atoms with van der Waals surface area (Å²) in [5.74, 6) is 0.953. The molecular weight excluding hydrogens is 734 g/mol. The highest BCUT2D eigenvalue weighted by molar-refractivity contribution is 5.83. The van der Waals surface area contributed by atoms with Crippen LogP contribution in [0.5, 0.6) is 5.75 Å². The SMILES string of the molecule is COC(=O)[C@@H](OC(C)(C)C)c1c(C)c(C)c2nc(-c3cccc(-c4c(F)cc(C)cc4OCc4ccccc4)c3)cn2c1N1CCC(C)(OCCOCC(C)C)CC1. The number of piperidine rings is 1. The van der Waals surface area contributed by atoms with Crippen LogP contribution in [0.2, 0.25) is 0 Å².